The van der Waals surface area contributed by atoms with Crippen molar-refractivity contribution in [1.29, 1.82) is 0 Å². The highest BCUT2D eigenvalue weighted by Gasteiger charge is 2.21. The molecule has 0 spiro atoms. The summed E-state index contributed by atoms with van der Waals surface area (Å²) in [6, 6.07) is 11.4. The van der Waals surface area contributed by atoms with E-state index in [4.69, 9.17) is 32.7 Å². The Balaban J connectivity index is 2.04. The largest absolute Gasteiger partial charge is 0.486 e. The summed E-state index contributed by atoms with van der Waals surface area (Å²) in [4.78, 5) is 0. The van der Waals surface area contributed by atoms with E-state index in [1.54, 1.807) is 6.07 Å². The first kappa shape index (κ1) is 14.5. The minimum Gasteiger partial charge on any atom is -0.486 e. The van der Waals surface area contributed by atoms with E-state index in [1.807, 2.05) is 37.4 Å². The van der Waals surface area contributed by atoms with Gasteiger partial charge in [-0.15, -0.1) is 0 Å². The van der Waals surface area contributed by atoms with Gasteiger partial charge in [-0.1, -0.05) is 35.3 Å². The molecule has 0 radical (unpaired) electrons. The van der Waals surface area contributed by atoms with Crippen molar-refractivity contribution < 1.29 is 9.47 Å². The van der Waals surface area contributed by atoms with Crippen LogP contribution < -0.4 is 14.8 Å². The normalized spacial score (nSPS) is 14.8. The first-order valence-corrected chi connectivity index (χ1v) is 7.46. The van der Waals surface area contributed by atoms with Crippen LogP contribution in [0, 0.1) is 0 Å². The fourth-order valence-corrected chi connectivity index (χ4v) is 2.95. The van der Waals surface area contributed by atoms with Gasteiger partial charge in [0.15, 0.2) is 11.5 Å². The quantitative estimate of drug-likeness (QED) is 0.923. The molecule has 1 aliphatic rings. The Labute approximate surface area is 133 Å². The van der Waals surface area contributed by atoms with Gasteiger partial charge in [-0.25, -0.2) is 0 Å². The number of hydrogen-bond acceptors (Lipinski definition) is 3. The highest BCUT2D eigenvalue weighted by Crippen LogP contribution is 2.39. The molecule has 1 heterocycles. The van der Waals surface area contributed by atoms with E-state index in [0.29, 0.717) is 29.0 Å². The topological polar surface area (TPSA) is 30.5 Å². The van der Waals surface area contributed by atoms with Crippen LogP contribution in [0.1, 0.15) is 17.2 Å². The lowest BCUT2D eigenvalue weighted by Gasteiger charge is -2.23. The van der Waals surface area contributed by atoms with Gasteiger partial charge in [0, 0.05) is 16.1 Å². The lowest BCUT2D eigenvalue weighted by molar-refractivity contribution is 0.171. The van der Waals surface area contributed by atoms with Crippen LogP contribution in [-0.4, -0.2) is 20.3 Å². The standard InChI is InChI=1S/C16H15Cl2NO2/c1-19-16(10-3-2-4-11(17)7-10)12-8-14-15(9-13(12)18)21-6-5-20-14/h2-4,7-9,16,19H,5-6H2,1H3. The molecule has 3 rings (SSSR count). The molecule has 0 fully saturated rings. The molecule has 0 aliphatic carbocycles. The number of benzene rings is 2. The Morgan fingerprint density at radius 2 is 1.76 bits per heavy atom. The maximum absolute atomic E-state index is 6.42. The molecule has 0 saturated heterocycles. The number of rotatable bonds is 3. The minimum atomic E-state index is -0.0629. The van der Waals surface area contributed by atoms with E-state index >= 15 is 0 Å². The summed E-state index contributed by atoms with van der Waals surface area (Å²) in [5.74, 6) is 1.42. The Hall–Kier alpha value is -1.42. The van der Waals surface area contributed by atoms with Crippen LogP contribution in [0.15, 0.2) is 36.4 Å². The summed E-state index contributed by atoms with van der Waals surface area (Å²) >= 11 is 12.5. The molecule has 1 unspecified atom stereocenters. The summed E-state index contributed by atoms with van der Waals surface area (Å²) in [5.41, 5.74) is 1.98. The first-order valence-electron chi connectivity index (χ1n) is 6.71. The second-order valence-electron chi connectivity index (χ2n) is 4.79. The molecule has 2 aromatic rings. The molecule has 2 aromatic carbocycles. The number of fused-ring (bicyclic) bond motifs is 1. The van der Waals surface area contributed by atoms with E-state index in [2.05, 4.69) is 5.32 Å². The summed E-state index contributed by atoms with van der Waals surface area (Å²) in [6.07, 6.45) is 0. The highest BCUT2D eigenvalue weighted by molar-refractivity contribution is 6.31. The Morgan fingerprint density at radius 1 is 1.05 bits per heavy atom. The van der Waals surface area contributed by atoms with E-state index in [1.165, 1.54) is 0 Å². The predicted octanol–water partition coefficient (Wildman–Crippen LogP) is 4.07. The van der Waals surface area contributed by atoms with Crippen LogP contribution in [0.25, 0.3) is 0 Å². The molecule has 5 heteroatoms. The zero-order valence-electron chi connectivity index (χ0n) is 11.5. The lowest BCUT2D eigenvalue weighted by atomic mass is 9.98. The molecule has 0 bridgehead atoms. The molecule has 21 heavy (non-hydrogen) atoms. The molecule has 1 N–H and O–H groups in total. The van der Waals surface area contributed by atoms with Gasteiger partial charge in [-0.2, -0.15) is 0 Å². The van der Waals surface area contributed by atoms with Gasteiger partial charge in [0.1, 0.15) is 13.2 Å². The summed E-state index contributed by atoms with van der Waals surface area (Å²) in [7, 11) is 1.89. The highest BCUT2D eigenvalue weighted by atomic mass is 35.5. The molecular weight excluding hydrogens is 309 g/mol. The second-order valence-corrected chi connectivity index (χ2v) is 5.64. The van der Waals surface area contributed by atoms with Crippen LogP contribution in [0.4, 0.5) is 0 Å². The van der Waals surface area contributed by atoms with Gasteiger partial charge in [0.05, 0.1) is 6.04 Å². The predicted molar refractivity (Wildman–Crippen MR) is 84.8 cm³/mol. The van der Waals surface area contributed by atoms with Gasteiger partial charge in [0.2, 0.25) is 0 Å². The average Bonchev–Trinajstić information content (AvgIpc) is 2.48. The summed E-state index contributed by atoms with van der Waals surface area (Å²) in [5, 5.41) is 4.60. The van der Waals surface area contributed by atoms with Gasteiger partial charge < -0.3 is 14.8 Å². The zero-order chi connectivity index (χ0) is 14.8. The average molecular weight is 324 g/mol. The smallest absolute Gasteiger partial charge is 0.162 e. The second kappa shape index (κ2) is 6.14. The van der Waals surface area contributed by atoms with Crippen LogP contribution in [-0.2, 0) is 0 Å². The Bertz CT molecular complexity index is 661. The first-order chi connectivity index (χ1) is 10.2. The molecule has 110 valence electrons. The molecule has 0 saturated carbocycles. The minimum absolute atomic E-state index is 0.0629. The fraction of sp³-hybridized carbons (Fsp3) is 0.250. The fourth-order valence-electron chi connectivity index (χ4n) is 2.49. The lowest BCUT2D eigenvalue weighted by Crippen LogP contribution is -2.20. The van der Waals surface area contributed by atoms with Crippen LogP contribution in [0.2, 0.25) is 10.0 Å². The maximum atomic E-state index is 6.42. The van der Waals surface area contributed by atoms with Crippen molar-refractivity contribution in [3.8, 4) is 11.5 Å². The van der Waals surface area contributed by atoms with Crippen LogP contribution >= 0.6 is 23.2 Å². The third kappa shape index (κ3) is 2.95. The van der Waals surface area contributed by atoms with Crippen molar-refractivity contribution in [2.24, 2.45) is 0 Å². The monoisotopic (exact) mass is 323 g/mol. The Morgan fingerprint density at radius 3 is 2.43 bits per heavy atom. The van der Waals surface area contributed by atoms with Crippen molar-refractivity contribution in [3.05, 3.63) is 57.6 Å². The van der Waals surface area contributed by atoms with E-state index < -0.39 is 0 Å². The number of hydrogen-bond donors (Lipinski definition) is 1. The van der Waals surface area contributed by atoms with E-state index in [-0.39, 0.29) is 6.04 Å². The molecule has 1 aliphatic heterocycles. The Kier molecular flexibility index (Phi) is 4.24. The van der Waals surface area contributed by atoms with Crippen molar-refractivity contribution in [3.63, 3.8) is 0 Å². The third-order valence-corrected chi connectivity index (χ3v) is 4.01. The van der Waals surface area contributed by atoms with E-state index in [9.17, 15) is 0 Å². The summed E-state index contributed by atoms with van der Waals surface area (Å²) in [6.45, 7) is 1.10. The van der Waals surface area contributed by atoms with Gasteiger partial charge in [-0.05, 0) is 36.4 Å². The van der Waals surface area contributed by atoms with Gasteiger partial charge in [-0.3, -0.25) is 0 Å². The zero-order valence-corrected chi connectivity index (χ0v) is 13.0. The van der Waals surface area contributed by atoms with Crippen LogP contribution in [0.5, 0.6) is 11.5 Å². The third-order valence-electron chi connectivity index (χ3n) is 3.44. The molecule has 3 nitrogen and oxygen atoms in total. The van der Waals surface area contributed by atoms with E-state index in [0.717, 1.165) is 16.9 Å². The van der Waals surface area contributed by atoms with Gasteiger partial charge in [0.25, 0.3) is 0 Å². The molecular formula is C16H15Cl2NO2. The van der Waals surface area contributed by atoms with Crippen molar-refractivity contribution in [1.82, 2.24) is 5.32 Å². The summed E-state index contributed by atoms with van der Waals surface area (Å²) < 4.78 is 11.2. The number of ether oxygens (including phenoxy) is 2. The van der Waals surface area contributed by atoms with Gasteiger partial charge >= 0.3 is 0 Å². The maximum Gasteiger partial charge on any atom is 0.162 e. The molecule has 1 atom stereocenters. The van der Waals surface area contributed by atoms with Crippen molar-refractivity contribution in [2.45, 2.75) is 6.04 Å². The number of nitrogens with one attached hydrogen (secondary N) is 1. The number of halogens is 2. The van der Waals surface area contributed by atoms with Crippen molar-refractivity contribution in [2.75, 3.05) is 20.3 Å². The SMILES string of the molecule is CNC(c1cccc(Cl)c1)c1cc2c(cc1Cl)OCCO2. The van der Waals surface area contributed by atoms with Crippen LogP contribution in [0.3, 0.4) is 0 Å². The van der Waals surface area contributed by atoms with Crippen molar-refractivity contribution >= 4 is 23.2 Å². The molecule has 0 aromatic heterocycles. The molecule has 0 amide bonds.